The van der Waals surface area contributed by atoms with Gasteiger partial charge >= 0.3 is 5.97 Å². The number of aromatic nitrogens is 3. The molecule has 0 radical (unpaired) electrons. The summed E-state index contributed by atoms with van der Waals surface area (Å²) in [6.45, 7) is 7.85. The molecule has 0 aliphatic rings. The third-order valence-corrected chi connectivity index (χ3v) is 3.29. The number of carbonyl (C=O) groups is 1. The Labute approximate surface area is 132 Å². The monoisotopic (exact) mass is 351 g/mol. The first kappa shape index (κ1) is 15.7. The second-order valence-electron chi connectivity index (χ2n) is 5.81. The number of carbonyl (C=O) groups excluding carboxylic acids is 1. The third kappa shape index (κ3) is 4.14. The molecule has 0 atom stereocenters. The first-order valence-corrected chi connectivity index (χ1v) is 7.43. The highest BCUT2D eigenvalue weighted by Gasteiger charge is 2.23. The van der Waals surface area contributed by atoms with Crippen molar-refractivity contribution in [3.05, 3.63) is 45.7 Å². The summed E-state index contributed by atoms with van der Waals surface area (Å²) in [6, 6.07) is 7.93. The Kier molecular flexibility index (Phi) is 4.46. The number of hydrogen-bond acceptors (Lipinski definition) is 4. The lowest BCUT2D eigenvalue weighted by Crippen LogP contribution is -2.24. The van der Waals surface area contributed by atoms with Crippen LogP contribution in [0.5, 0.6) is 0 Å². The van der Waals surface area contributed by atoms with Gasteiger partial charge in [0.25, 0.3) is 0 Å². The van der Waals surface area contributed by atoms with Crippen LogP contribution in [-0.2, 0) is 11.3 Å². The molecule has 0 bridgehead atoms. The van der Waals surface area contributed by atoms with Crippen LogP contribution in [-0.4, -0.2) is 26.6 Å². The Morgan fingerprint density at radius 3 is 2.71 bits per heavy atom. The standard InChI is InChI=1S/C15H18BrN3O2/c1-10-13(14(20)21-15(2,3)4)17-18-19(10)9-11-6-5-7-12(16)8-11/h5-8H,9H2,1-4H3. The molecule has 0 unspecified atom stereocenters. The van der Waals surface area contributed by atoms with E-state index in [2.05, 4.69) is 26.2 Å². The fourth-order valence-electron chi connectivity index (χ4n) is 1.83. The lowest BCUT2D eigenvalue weighted by atomic mass is 10.2. The van der Waals surface area contributed by atoms with Crippen LogP contribution in [0.25, 0.3) is 0 Å². The lowest BCUT2D eigenvalue weighted by Gasteiger charge is -2.18. The van der Waals surface area contributed by atoms with Gasteiger partial charge < -0.3 is 4.74 Å². The second kappa shape index (κ2) is 5.97. The number of nitrogens with zero attached hydrogens (tertiary/aromatic N) is 3. The van der Waals surface area contributed by atoms with Crippen LogP contribution in [0.2, 0.25) is 0 Å². The summed E-state index contributed by atoms with van der Waals surface area (Å²) >= 11 is 3.44. The van der Waals surface area contributed by atoms with Crippen molar-refractivity contribution in [1.82, 2.24) is 15.0 Å². The van der Waals surface area contributed by atoms with Crippen molar-refractivity contribution in [3.8, 4) is 0 Å². The maximum Gasteiger partial charge on any atom is 0.361 e. The summed E-state index contributed by atoms with van der Waals surface area (Å²) in [6.07, 6.45) is 0. The minimum atomic E-state index is -0.544. The van der Waals surface area contributed by atoms with Crippen molar-refractivity contribution < 1.29 is 9.53 Å². The largest absolute Gasteiger partial charge is 0.455 e. The SMILES string of the molecule is Cc1c(C(=O)OC(C)(C)C)nnn1Cc1cccc(Br)c1. The predicted octanol–water partition coefficient (Wildman–Crippen LogP) is 3.35. The summed E-state index contributed by atoms with van der Waals surface area (Å²) < 4.78 is 8.03. The van der Waals surface area contributed by atoms with Gasteiger partial charge in [-0.25, -0.2) is 9.48 Å². The quantitative estimate of drug-likeness (QED) is 0.795. The van der Waals surface area contributed by atoms with E-state index in [-0.39, 0.29) is 5.69 Å². The Hall–Kier alpha value is -1.69. The van der Waals surface area contributed by atoms with Crippen LogP contribution in [0.4, 0.5) is 0 Å². The van der Waals surface area contributed by atoms with E-state index in [0.717, 1.165) is 10.0 Å². The molecule has 0 saturated heterocycles. The molecule has 0 saturated carbocycles. The van der Waals surface area contributed by atoms with Crippen molar-refractivity contribution >= 4 is 21.9 Å². The Bertz CT molecular complexity index is 659. The van der Waals surface area contributed by atoms with Crippen molar-refractivity contribution in [2.75, 3.05) is 0 Å². The number of esters is 1. The van der Waals surface area contributed by atoms with Gasteiger partial charge in [0.1, 0.15) is 5.60 Å². The average Bonchev–Trinajstić information content (AvgIpc) is 2.69. The minimum absolute atomic E-state index is 0.264. The van der Waals surface area contributed by atoms with Gasteiger partial charge in [-0.05, 0) is 45.4 Å². The van der Waals surface area contributed by atoms with Crippen molar-refractivity contribution in [2.45, 2.75) is 39.8 Å². The molecule has 1 aromatic heterocycles. The fourth-order valence-corrected chi connectivity index (χ4v) is 2.28. The number of ether oxygens (including phenoxy) is 1. The zero-order valence-electron chi connectivity index (χ0n) is 12.6. The molecule has 0 spiro atoms. The van der Waals surface area contributed by atoms with Crippen molar-refractivity contribution in [1.29, 1.82) is 0 Å². The van der Waals surface area contributed by atoms with Gasteiger partial charge in [0.2, 0.25) is 0 Å². The topological polar surface area (TPSA) is 57.0 Å². The first-order chi connectivity index (χ1) is 9.76. The van der Waals surface area contributed by atoms with E-state index in [4.69, 9.17) is 4.74 Å². The molecule has 112 valence electrons. The molecule has 0 amide bonds. The molecule has 0 aliphatic carbocycles. The van der Waals surface area contributed by atoms with Crippen LogP contribution >= 0.6 is 15.9 Å². The Morgan fingerprint density at radius 1 is 1.38 bits per heavy atom. The second-order valence-corrected chi connectivity index (χ2v) is 6.73. The fraction of sp³-hybridized carbons (Fsp3) is 0.400. The highest BCUT2D eigenvalue weighted by Crippen LogP contribution is 2.16. The summed E-state index contributed by atoms with van der Waals surface area (Å²) in [5, 5.41) is 7.99. The molecular weight excluding hydrogens is 334 g/mol. The predicted molar refractivity (Wildman–Crippen MR) is 83.2 cm³/mol. The van der Waals surface area contributed by atoms with Gasteiger partial charge in [0.05, 0.1) is 12.2 Å². The number of benzene rings is 1. The molecule has 2 rings (SSSR count). The number of hydrogen-bond donors (Lipinski definition) is 0. The van der Waals surface area contributed by atoms with E-state index in [9.17, 15) is 4.79 Å². The van der Waals surface area contributed by atoms with Gasteiger partial charge in [-0.15, -0.1) is 5.10 Å². The smallest absolute Gasteiger partial charge is 0.361 e. The zero-order chi connectivity index (χ0) is 15.6. The summed E-state index contributed by atoms with van der Waals surface area (Å²) in [5.74, 6) is -0.444. The summed E-state index contributed by atoms with van der Waals surface area (Å²) in [4.78, 5) is 12.1. The number of halogens is 1. The maximum absolute atomic E-state index is 12.1. The molecule has 1 aromatic carbocycles. The van der Waals surface area contributed by atoms with Gasteiger partial charge in [-0.2, -0.15) is 0 Å². The molecule has 5 nitrogen and oxygen atoms in total. The maximum atomic E-state index is 12.1. The van der Waals surface area contributed by atoms with E-state index in [0.29, 0.717) is 12.2 Å². The van der Waals surface area contributed by atoms with Crippen LogP contribution < -0.4 is 0 Å². The molecule has 6 heteroatoms. The van der Waals surface area contributed by atoms with E-state index in [1.807, 2.05) is 52.0 Å². The third-order valence-electron chi connectivity index (χ3n) is 2.80. The van der Waals surface area contributed by atoms with Crippen LogP contribution in [0, 0.1) is 6.92 Å². The van der Waals surface area contributed by atoms with Gasteiger partial charge in [-0.1, -0.05) is 33.3 Å². The molecular formula is C15H18BrN3O2. The van der Waals surface area contributed by atoms with Crippen molar-refractivity contribution in [2.24, 2.45) is 0 Å². The number of rotatable bonds is 3. The van der Waals surface area contributed by atoms with Gasteiger partial charge in [0, 0.05) is 4.47 Å². The zero-order valence-corrected chi connectivity index (χ0v) is 14.1. The van der Waals surface area contributed by atoms with E-state index in [1.165, 1.54) is 0 Å². The van der Waals surface area contributed by atoms with E-state index < -0.39 is 11.6 Å². The molecule has 2 aromatic rings. The lowest BCUT2D eigenvalue weighted by molar-refractivity contribution is 0.00619. The van der Waals surface area contributed by atoms with Crippen LogP contribution in [0.1, 0.15) is 42.5 Å². The van der Waals surface area contributed by atoms with E-state index in [1.54, 1.807) is 4.68 Å². The molecule has 0 N–H and O–H groups in total. The van der Waals surface area contributed by atoms with Gasteiger partial charge in [-0.3, -0.25) is 0 Å². The Balaban J connectivity index is 2.19. The highest BCUT2D eigenvalue weighted by molar-refractivity contribution is 9.10. The highest BCUT2D eigenvalue weighted by atomic mass is 79.9. The minimum Gasteiger partial charge on any atom is -0.455 e. The normalized spacial score (nSPS) is 11.5. The first-order valence-electron chi connectivity index (χ1n) is 6.64. The molecule has 0 aliphatic heterocycles. The van der Waals surface area contributed by atoms with Gasteiger partial charge in [0.15, 0.2) is 5.69 Å². The molecule has 21 heavy (non-hydrogen) atoms. The van der Waals surface area contributed by atoms with Crippen LogP contribution in [0.3, 0.4) is 0 Å². The Morgan fingerprint density at radius 2 is 2.10 bits per heavy atom. The summed E-state index contributed by atoms with van der Waals surface area (Å²) in [7, 11) is 0. The van der Waals surface area contributed by atoms with Crippen LogP contribution in [0.15, 0.2) is 28.7 Å². The summed E-state index contributed by atoms with van der Waals surface area (Å²) in [5.41, 5.74) is 1.50. The van der Waals surface area contributed by atoms with E-state index >= 15 is 0 Å². The van der Waals surface area contributed by atoms with Crippen molar-refractivity contribution in [3.63, 3.8) is 0 Å². The average molecular weight is 352 g/mol. The molecule has 1 heterocycles. The molecule has 0 fully saturated rings.